The fourth-order valence-corrected chi connectivity index (χ4v) is 3.31. The largest absolute Gasteiger partial charge is 0.444 e. The average Bonchev–Trinajstić information content (AvgIpc) is 3.31. The molecule has 4 rings (SSSR count). The van der Waals surface area contributed by atoms with Crippen molar-refractivity contribution in [2.24, 2.45) is 0 Å². The summed E-state index contributed by atoms with van der Waals surface area (Å²) < 4.78 is 20.9. The van der Waals surface area contributed by atoms with Crippen LogP contribution in [0.5, 0.6) is 0 Å². The van der Waals surface area contributed by atoms with Crippen LogP contribution in [-0.2, 0) is 6.54 Å². The van der Waals surface area contributed by atoms with Crippen molar-refractivity contribution in [1.82, 2.24) is 30.0 Å². The number of piperazine rings is 1. The summed E-state index contributed by atoms with van der Waals surface area (Å²) in [6, 6.07) is 9.50. The molecule has 3 heterocycles. The van der Waals surface area contributed by atoms with Crippen LogP contribution in [0.15, 0.2) is 45.5 Å². The van der Waals surface area contributed by atoms with Gasteiger partial charge in [-0.15, -0.1) is 5.10 Å². The molecule has 0 saturated carbocycles. The number of aromatic nitrogens is 4. The number of rotatable bonds is 4. The van der Waals surface area contributed by atoms with E-state index in [1.807, 2.05) is 0 Å². The van der Waals surface area contributed by atoms with Crippen molar-refractivity contribution in [2.75, 3.05) is 26.2 Å². The predicted molar refractivity (Wildman–Crippen MR) is 96.7 cm³/mol. The number of benzene rings is 1. The maximum absolute atomic E-state index is 13.5. The molecule has 0 bridgehead atoms. The van der Waals surface area contributed by atoms with Gasteiger partial charge < -0.3 is 9.32 Å². The van der Waals surface area contributed by atoms with Gasteiger partial charge >= 0.3 is 0 Å². The Morgan fingerprint density at radius 2 is 2.00 bits per heavy atom. The van der Waals surface area contributed by atoms with Crippen molar-refractivity contribution < 1.29 is 13.6 Å². The number of hydrogen-bond donors (Lipinski definition) is 0. The summed E-state index contributed by atoms with van der Waals surface area (Å²) in [7, 11) is 0. The first-order chi connectivity index (χ1) is 13.1. The molecule has 1 aliphatic rings. The Bertz CT molecular complexity index is 950. The Kier molecular flexibility index (Phi) is 4.99. The van der Waals surface area contributed by atoms with Gasteiger partial charge in [-0.3, -0.25) is 9.69 Å². The van der Waals surface area contributed by atoms with Crippen molar-refractivity contribution in [3.05, 3.63) is 58.5 Å². The molecule has 0 unspecified atom stereocenters. The van der Waals surface area contributed by atoms with Gasteiger partial charge in [-0.2, -0.15) is 4.68 Å². The zero-order chi connectivity index (χ0) is 18.8. The number of hydrogen-bond acceptors (Lipinski definition) is 6. The third kappa shape index (κ3) is 3.91. The molecule has 0 atom stereocenters. The van der Waals surface area contributed by atoms with E-state index in [1.165, 1.54) is 16.8 Å². The van der Waals surface area contributed by atoms with Gasteiger partial charge in [-0.25, -0.2) is 4.39 Å². The molecule has 1 aliphatic heterocycles. The van der Waals surface area contributed by atoms with Crippen molar-refractivity contribution in [1.29, 1.82) is 0 Å². The maximum atomic E-state index is 13.5. The monoisotopic (exact) mass is 434 g/mol. The quantitative estimate of drug-likeness (QED) is 0.625. The van der Waals surface area contributed by atoms with Crippen LogP contribution in [0.3, 0.4) is 0 Å². The van der Waals surface area contributed by atoms with Gasteiger partial charge in [0.2, 0.25) is 0 Å². The average molecular weight is 435 g/mol. The molecule has 1 fully saturated rings. The lowest BCUT2D eigenvalue weighted by atomic mass is 10.2. The van der Waals surface area contributed by atoms with Crippen molar-refractivity contribution in [3.8, 4) is 5.69 Å². The van der Waals surface area contributed by atoms with Crippen molar-refractivity contribution in [2.45, 2.75) is 6.54 Å². The second-order valence-electron chi connectivity index (χ2n) is 6.16. The number of carbonyl (C=O) groups excluding carboxylic acids is 1. The van der Waals surface area contributed by atoms with E-state index in [2.05, 4.69) is 36.4 Å². The van der Waals surface area contributed by atoms with Gasteiger partial charge in [0, 0.05) is 26.2 Å². The molecule has 1 saturated heterocycles. The SMILES string of the molecule is O=C(c1ccc(Br)o1)N1CCN(Cc2nnnn2-c2cccc(F)c2)CC1. The number of tetrazole rings is 1. The molecule has 140 valence electrons. The molecule has 0 aliphatic carbocycles. The van der Waals surface area contributed by atoms with Crippen LogP contribution in [-0.4, -0.2) is 62.1 Å². The summed E-state index contributed by atoms with van der Waals surface area (Å²) in [5.74, 6) is 0.483. The smallest absolute Gasteiger partial charge is 0.289 e. The predicted octanol–water partition coefficient (Wildman–Crippen LogP) is 2.11. The normalized spacial score (nSPS) is 15.3. The minimum atomic E-state index is -0.342. The zero-order valence-electron chi connectivity index (χ0n) is 14.3. The number of amides is 1. The van der Waals surface area contributed by atoms with Crippen LogP contribution in [0.4, 0.5) is 4.39 Å². The third-order valence-electron chi connectivity index (χ3n) is 4.40. The summed E-state index contributed by atoms with van der Waals surface area (Å²) in [5.41, 5.74) is 0.576. The molecule has 27 heavy (non-hydrogen) atoms. The van der Waals surface area contributed by atoms with E-state index in [-0.39, 0.29) is 11.7 Å². The van der Waals surface area contributed by atoms with Crippen LogP contribution >= 0.6 is 15.9 Å². The first-order valence-corrected chi connectivity index (χ1v) is 9.19. The highest BCUT2D eigenvalue weighted by molar-refractivity contribution is 9.10. The van der Waals surface area contributed by atoms with Crippen molar-refractivity contribution >= 4 is 21.8 Å². The van der Waals surface area contributed by atoms with Gasteiger partial charge in [0.05, 0.1) is 12.2 Å². The molecular formula is C17H16BrFN6O2. The molecule has 0 N–H and O–H groups in total. The van der Waals surface area contributed by atoms with Crippen LogP contribution in [0.25, 0.3) is 5.69 Å². The van der Waals surface area contributed by atoms with Crippen LogP contribution in [0.1, 0.15) is 16.4 Å². The second-order valence-corrected chi connectivity index (χ2v) is 6.94. The lowest BCUT2D eigenvalue weighted by molar-refractivity contribution is 0.0592. The molecule has 3 aromatic rings. The standard InChI is InChI=1S/C17H16BrFN6O2/c18-15-5-4-14(27-15)17(26)24-8-6-23(7-9-24)11-16-20-21-22-25(16)13-3-1-2-12(19)10-13/h1-5,10H,6-9,11H2. The number of nitrogens with zero attached hydrogens (tertiary/aromatic N) is 6. The van der Waals surface area contributed by atoms with Gasteiger partial charge in [-0.1, -0.05) is 6.07 Å². The first kappa shape index (κ1) is 17.8. The highest BCUT2D eigenvalue weighted by Gasteiger charge is 2.25. The summed E-state index contributed by atoms with van der Waals surface area (Å²) in [6.45, 7) is 3.04. The van der Waals surface area contributed by atoms with E-state index in [1.54, 1.807) is 29.2 Å². The van der Waals surface area contributed by atoms with E-state index in [9.17, 15) is 9.18 Å². The zero-order valence-corrected chi connectivity index (χ0v) is 15.8. The lowest BCUT2D eigenvalue weighted by Crippen LogP contribution is -2.48. The molecule has 0 spiro atoms. The highest BCUT2D eigenvalue weighted by Crippen LogP contribution is 2.17. The maximum Gasteiger partial charge on any atom is 0.289 e. The summed E-state index contributed by atoms with van der Waals surface area (Å²) in [6.07, 6.45) is 0. The summed E-state index contributed by atoms with van der Waals surface area (Å²) in [5, 5.41) is 11.7. The van der Waals surface area contributed by atoms with Crippen LogP contribution < -0.4 is 0 Å². The van der Waals surface area contributed by atoms with Crippen LogP contribution in [0.2, 0.25) is 0 Å². The van der Waals surface area contributed by atoms with Gasteiger partial charge in [-0.05, 0) is 56.7 Å². The minimum absolute atomic E-state index is 0.120. The number of carbonyl (C=O) groups is 1. The Labute approximate surface area is 162 Å². The van der Waals surface area contributed by atoms with Crippen molar-refractivity contribution in [3.63, 3.8) is 0 Å². The topological polar surface area (TPSA) is 80.3 Å². The lowest BCUT2D eigenvalue weighted by Gasteiger charge is -2.33. The van der Waals surface area contributed by atoms with Gasteiger partial charge in [0.25, 0.3) is 5.91 Å². The summed E-state index contributed by atoms with van der Waals surface area (Å²) in [4.78, 5) is 16.3. The minimum Gasteiger partial charge on any atom is -0.444 e. The molecule has 0 radical (unpaired) electrons. The molecule has 1 aromatic carbocycles. The molecule has 8 nitrogen and oxygen atoms in total. The fourth-order valence-electron chi connectivity index (χ4n) is 3.01. The third-order valence-corrected chi connectivity index (χ3v) is 4.82. The first-order valence-electron chi connectivity index (χ1n) is 8.40. The Morgan fingerprint density at radius 3 is 2.70 bits per heavy atom. The van der Waals surface area contributed by atoms with Crippen LogP contribution in [0, 0.1) is 5.82 Å². The second kappa shape index (κ2) is 7.57. The number of furan rings is 1. The van der Waals surface area contributed by atoms with E-state index >= 15 is 0 Å². The van der Waals surface area contributed by atoms with Gasteiger partial charge in [0.15, 0.2) is 16.3 Å². The molecular weight excluding hydrogens is 419 g/mol. The number of halogens is 2. The van der Waals surface area contributed by atoms with E-state index in [4.69, 9.17) is 4.42 Å². The molecule has 1 amide bonds. The Hall–Kier alpha value is -2.59. The van der Waals surface area contributed by atoms with E-state index in [0.29, 0.717) is 54.7 Å². The summed E-state index contributed by atoms with van der Waals surface area (Å²) >= 11 is 3.21. The Morgan fingerprint density at radius 1 is 1.19 bits per heavy atom. The van der Waals surface area contributed by atoms with Gasteiger partial charge in [0.1, 0.15) is 5.82 Å². The Balaban J connectivity index is 1.39. The highest BCUT2D eigenvalue weighted by atomic mass is 79.9. The van der Waals surface area contributed by atoms with E-state index in [0.717, 1.165) is 0 Å². The molecule has 10 heteroatoms. The fraction of sp³-hybridized carbons (Fsp3) is 0.294. The van der Waals surface area contributed by atoms with E-state index < -0.39 is 0 Å². The molecule has 2 aromatic heterocycles.